The molecule has 0 saturated carbocycles. The number of piperazine rings is 1. The summed E-state index contributed by atoms with van der Waals surface area (Å²) in [4.78, 5) is 4.61. The first-order valence-electron chi connectivity index (χ1n) is 6.40. The Hall–Kier alpha value is -0.600. The highest BCUT2D eigenvalue weighted by Gasteiger charge is 2.21. The van der Waals surface area contributed by atoms with E-state index in [1.807, 2.05) is 19.1 Å². The zero-order chi connectivity index (χ0) is 13.8. The minimum Gasteiger partial charge on any atom is -0.296 e. The van der Waals surface area contributed by atoms with Crippen molar-refractivity contribution in [3.8, 4) is 6.07 Å². The van der Waals surface area contributed by atoms with Crippen LogP contribution in [-0.4, -0.2) is 42.0 Å². The molecule has 1 aromatic carbocycles. The van der Waals surface area contributed by atoms with Crippen molar-refractivity contribution < 1.29 is 0 Å². The molecule has 0 aromatic heterocycles. The summed E-state index contributed by atoms with van der Waals surface area (Å²) in [5, 5.41) is 9.73. The lowest BCUT2D eigenvalue weighted by atomic mass is 10.2. The molecule has 19 heavy (non-hydrogen) atoms. The molecule has 1 aliphatic heterocycles. The molecule has 1 saturated heterocycles. The summed E-state index contributed by atoms with van der Waals surface area (Å²) in [5.41, 5.74) is 1.16. The Morgan fingerprint density at radius 1 is 1.37 bits per heavy atom. The third-order valence-corrected chi connectivity index (χ3v) is 4.40. The van der Waals surface area contributed by atoms with Gasteiger partial charge in [0.25, 0.3) is 0 Å². The highest BCUT2D eigenvalue weighted by Crippen LogP contribution is 2.23. The molecule has 0 bridgehead atoms. The molecule has 1 aliphatic rings. The van der Waals surface area contributed by atoms with Crippen LogP contribution in [0.2, 0.25) is 5.02 Å². The second kappa shape index (κ2) is 6.71. The first kappa shape index (κ1) is 14.8. The highest BCUT2D eigenvalue weighted by atomic mass is 79.9. The first-order chi connectivity index (χ1) is 9.10. The number of benzene rings is 1. The van der Waals surface area contributed by atoms with Crippen LogP contribution in [0.1, 0.15) is 12.5 Å². The smallest absolute Gasteiger partial charge is 0.0950 e. The van der Waals surface area contributed by atoms with E-state index in [1.165, 1.54) is 0 Å². The van der Waals surface area contributed by atoms with Crippen LogP contribution in [-0.2, 0) is 6.54 Å². The maximum absolute atomic E-state index is 8.92. The molecular weight excluding hydrogens is 326 g/mol. The summed E-state index contributed by atoms with van der Waals surface area (Å²) >= 11 is 9.66. The summed E-state index contributed by atoms with van der Waals surface area (Å²) in [6.45, 7) is 6.70. The Kier molecular flexibility index (Phi) is 5.23. The van der Waals surface area contributed by atoms with Crippen molar-refractivity contribution in [3.63, 3.8) is 0 Å². The van der Waals surface area contributed by atoms with E-state index in [9.17, 15) is 0 Å². The number of hydrogen-bond acceptors (Lipinski definition) is 3. The van der Waals surface area contributed by atoms with Crippen LogP contribution >= 0.6 is 27.5 Å². The lowest BCUT2D eigenvalue weighted by Crippen LogP contribution is -2.48. The Balaban J connectivity index is 1.91. The maximum atomic E-state index is 8.92. The maximum Gasteiger partial charge on any atom is 0.0950 e. The van der Waals surface area contributed by atoms with E-state index in [1.54, 1.807) is 0 Å². The van der Waals surface area contributed by atoms with Crippen molar-refractivity contribution in [3.05, 3.63) is 33.3 Å². The van der Waals surface area contributed by atoms with Gasteiger partial charge in [0.1, 0.15) is 0 Å². The average Bonchev–Trinajstić information content (AvgIpc) is 2.42. The van der Waals surface area contributed by atoms with Crippen LogP contribution in [0.25, 0.3) is 0 Å². The fourth-order valence-electron chi connectivity index (χ4n) is 2.28. The SMILES string of the molecule is CC(C#N)N1CCN(Cc2ccc(Br)cc2Cl)CC1. The monoisotopic (exact) mass is 341 g/mol. The number of rotatable bonds is 3. The van der Waals surface area contributed by atoms with E-state index in [4.69, 9.17) is 16.9 Å². The van der Waals surface area contributed by atoms with Crippen LogP contribution < -0.4 is 0 Å². The normalized spacial score (nSPS) is 19.1. The Morgan fingerprint density at radius 2 is 2.05 bits per heavy atom. The average molecular weight is 343 g/mol. The highest BCUT2D eigenvalue weighted by molar-refractivity contribution is 9.10. The van der Waals surface area contributed by atoms with E-state index >= 15 is 0 Å². The second-order valence-electron chi connectivity index (χ2n) is 4.85. The van der Waals surface area contributed by atoms with Gasteiger partial charge in [0.2, 0.25) is 0 Å². The van der Waals surface area contributed by atoms with E-state index in [0.717, 1.165) is 47.8 Å². The fraction of sp³-hybridized carbons (Fsp3) is 0.500. The van der Waals surface area contributed by atoms with Gasteiger partial charge in [-0.25, -0.2) is 0 Å². The third-order valence-electron chi connectivity index (χ3n) is 3.55. The largest absolute Gasteiger partial charge is 0.296 e. The molecule has 1 fully saturated rings. The molecule has 1 aromatic rings. The molecule has 5 heteroatoms. The van der Waals surface area contributed by atoms with Gasteiger partial charge in [-0.05, 0) is 24.6 Å². The Morgan fingerprint density at radius 3 is 2.63 bits per heavy atom. The number of nitrogens with zero attached hydrogens (tertiary/aromatic N) is 3. The van der Waals surface area contributed by atoms with Gasteiger partial charge in [0, 0.05) is 42.2 Å². The van der Waals surface area contributed by atoms with Crippen molar-refractivity contribution in [1.29, 1.82) is 5.26 Å². The standard InChI is InChI=1S/C14H17BrClN3/c1-11(9-17)19-6-4-18(5-7-19)10-12-2-3-13(15)8-14(12)16/h2-3,8,11H,4-7,10H2,1H3. The minimum atomic E-state index is 0.0124. The van der Waals surface area contributed by atoms with Crippen molar-refractivity contribution in [2.24, 2.45) is 0 Å². The summed E-state index contributed by atoms with van der Waals surface area (Å²) in [7, 11) is 0. The minimum absolute atomic E-state index is 0.0124. The molecule has 102 valence electrons. The summed E-state index contributed by atoms with van der Waals surface area (Å²) < 4.78 is 1.01. The molecule has 1 unspecified atom stereocenters. The van der Waals surface area contributed by atoms with Crippen molar-refractivity contribution in [2.75, 3.05) is 26.2 Å². The van der Waals surface area contributed by atoms with Crippen molar-refractivity contribution >= 4 is 27.5 Å². The predicted octanol–water partition coefficient (Wildman–Crippen LogP) is 3.13. The molecule has 3 nitrogen and oxygen atoms in total. The first-order valence-corrected chi connectivity index (χ1v) is 7.57. The summed E-state index contributed by atoms with van der Waals surface area (Å²) in [6.07, 6.45) is 0. The molecule has 0 aliphatic carbocycles. The van der Waals surface area contributed by atoms with Crippen molar-refractivity contribution in [2.45, 2.75) is 19.5 Å². The van der Waals surface area contributed by atoms with Gasteiger partial charge in [-0.1, -0.05) is 33.6 Å². The van der Waals surface area contributed by atoms with Gasteiger partial charge in [-0.2, -0.15) is 5.26 Å². The molecule has 1 atom stereocenters. The Bertz CT molecular complexity index is 478. The van der Waals surface area contributed by atoms with Gasteiger partial charge in [-0.15, -0.1) is 0 Å². The van der Waals surface area contributed by atoms with Gasteiger partial charge in [-0.3, -0.25) is 9.80 Å². The van der Waals surface area contributed by atoms with Crippen LogP contribution in [0.15, 0.2) is 22.7 Å². The molecule has 1 heterocycles. The second-order valence-corrected chi connectivity index (χ2v) is 6.18. The van der Waals surface area contributed by atoms with Gasteiger partial charge in [0.15, 0.2) is 0 Å². The van der Waals surface area contributed by atoms with Crippen LogP contribution in [0.5, 0.6) is 0 Å². The number of halogens is 2. The third kappa shape index (κ3) is 3.93. The quantitative estimate of drug-likeness (QED) is 0.845. The predicted molar refractivity (Wildman–Crippen MR) is 81.1 cm³/mol. The topological polar surface area (TPSA) is 30.3 Å². The van der Waals surface area contributed by atoms with E-state index in [-0.39, 0.29) is 6.04 Å². The molecular formula is C14H17BrClN3. The van der Waals surface area contributed by atoms with Crippen LogP contribution in [0.4, 0.5) is 0 Å². The van der Waals surface area contributed by atoms with E-state index < -0.39 is 0 Å². The molecule has 0 amide bonds. The number of hydrogen-bond donors (Lipinski definition) is 0. The van der Waals surface area contributed by atoms with Gasteiger partial charge < -0.3 is 0 Å². The zero-order valence-electron chi connectivity index (χ0n) is 10.9. The van der Waals surface area contributed by atoms with Crippen molar-refractivity contribution in [1.82, 2.24) is 9.80 Å². The molecule has 0 radical (unpaired) electrons. The Labute approximate surface area is 127 Å². The van der Waals surface area contributed by atoms with Gasteiger partial charge >= 0.3 is 0 Å². The van der Waals surface area contributed by atoms with Crippen LogP contribution in [0, 0.1) is 11.3 Å². The summed E-state index contributed by atoms with van der Waals surface area (Å²) in [5.74, 6) is 0. The fourth-order valence-corrected chi connectivity index (χ4v) is 3.01. The van der Waals surface area contributed by atoms with E-state index in [0.29, 0.717) is 0 Å². The molecule has 0 N–H and O–H groups in total. The molecule has 2 rings (SSSR count). The van der Waals surface area contributed by atoms with Crippen LogP contribution in [0.3, 0.4) is 0 Å². The van der Waals surface area contributed by atoms with Gasteiger partial charge in [0.05, 0.1) is 12.1 Å². The van der Waals surface area contributed by atoms with E-state index in [2.05, 4.69) is 37.9 Å². The number of nitriles is 1. The molecule has 0 spiro atoms. The zero-order valence-corrected chi connectivity index (χ0v) is 13.3. The lowest BCUT2D eigenvalue weighted by molar-refractivity contribution is 0.114. The lowest BCUT2D eigenvalue weighted by Gasteiger charge is -2.36. The summed E-state index contributed by atoms with van der Waals surface area (Å²) in [6, 6.07) is 8.33.